The van der Waals surface area contributed by atoms with Gasteiger partial charge in [0, 0.05) is 50.1 Å². The molecule has 0 spiro atoms. The van der Waals surface area contributed by atoms with E-state index in [1.165, 1.54) is 0 Å². The van der Waals surface area contributed by atoms with Crippen LogP contribution in [0.3, 0.4) is 0 Å². The molecule has 0 aliphatic carbocycles. The number of Topliss-reactive ketones (excluding diaryl/α,β-unsaturated/α-hetero) is 1. The average Bonchev–Trinajstić information content (AvgIpc) is 2.91. The van der Waals surface area contributed by atoms with Crippen LogP contribution < -0.4 is 9.47 Å². The van der Waals surface area contributed by atoms with Gasteiger partial charge in [-0.1, -0.05) is 70.7 Å². The van der Waals surface area contributed by atoms with Crippen molar-refractivity contribution < 1.29 is 23.8 Å². The Hall–Kier alpha value is -2.70. The molecule has 0 amide bonds. The van der Waals surface area contributed by atoms with Crippen molar-refractivity contribution in [2.24, 2.45) is 0 Å². The zero-order valence-corrected chi connectivity index (χ0v) is 25.6. The van der Waals surface area contributed by atoms with E-state index in [1.54, 1.807) is 48.5 Å². The summed E-state index contributed by atoms with van der Waals surface area (Å²) in [5, 5.41) is 1.97. The lowest BCUT2D eigenvalue weighted by molar-refractivity contribution is -0.119. The number of carbonyl (C=O) groups excluding carboxylic acids is 2. The maximum absolute atomic E-state index is 13.5. The van der Waals surface area contributed by atoms with E-state index in [4.69, 9.17) is 60.6 Å². The van der Waals surface area contributed by atoms with Crippen LogP contribution in [0.4, 0.5) is 0 Å². The van der Waals surface area contributed by atoms with Crippen molar-refractivity contribution in [1.29, 1.82) is 0 Å². The van der Waals surface area contributed by atoms with Crippen LogP contribution in [-0.2, 0) is 22.7 Å². The number of hydrogen-bond donors (Lipinski definition) is 0. The highest BCUT2D eigenvalue weighted by Gasteiger charge is 2.23. The summed E-state index contributed by atoms with van der Waals surface area (Å²) >= 11 is 24.8. The Kier molecular flexibility index (Phi) is 11.4. The molecule has 0 saturated heterocycles. The number of fused-ring (bicyclic) bond motifs is 1. The van der Waals surface area contributed by atoms with Gasteiger partial charge in [-0.25, -0.2) is 4.79 Å². The second-order valence-corrected chi connectivity index (χ2v) is 11.6. The molecule has 41 heavy (non-hydrogen) atoms. The molecule has 0 saturated carbocycles. The Morgan fingerprint density at radius 3 is 2.12 bits per heavy atom. The van der Waals surface area contributed by atoms with Crippen molar-refractivity contribution in [2.45, 2.75) is 64.8 Å². The molecule has 1 aliphatic heterocycles. The zero-order valence-electron chi connectivity index (χ0n) is 22.6. The fraction of sp³-hybridized carbons (Fsp3) is 0.312. The van der Waals surface area contributed by atoms with Crippen molar-refractivity contribution in [2.75, 3.05) is 0 Å². The summed E-state index contributed by atoms with van der Waals surface area (Å²) in [7, 11) is 0. The number of rotatable bonds is 6. The number of halogens is 4. The quantitative estimate of drug-likeness (QED) is 0.252. The highest BCUT2D eigenvalue weighted by Crippen LogP contribution is 2.34. The molecule has 3 aromatic carbocycles. The standard InChI is InChI=1S/C32H30Cl4O5/c1-20-6-5-9-26(37)8-4-2-3-7-21-14-27(39-18-22-10-12-24(33)15-28(22)35)17-30(31(21)32(38)41-20)40-19-23-11-13-25(34)16-29(23)36/h3,7,10-17,20H,2,4-6,8-9,18-19H2,1H3/b7-3+/t20-/m1/s1. The summed E-state index contributed by atoms with van der Waals surface area (Å²) in [6.07, 6.45) is 7.06. The molecule has 0 bridgehead atoms. The summed E-state index contributed by atoms with van der Waals surface area (Å²) in [6.45, 7) is 2.08. The van der Waals surface area contributed by atoms with E-state index in [2.05, 4.69) is 0 Å². The maximum atomic E-state index is 13.5. The average molecular weight is 636 g/mol. The molecule has 1 heterocycles. The molecule has 5 nitrogen and oxygen atoms in total. The smallest absolute Gasteiger partial charge is 0.342 e. The number of benzene rings is 3. The van der Waals surface area contributed by atoms with E-state index in [1.807, 2.05) is 19.1 Å². The Balaban J connectivity index is 1.71. The van der Waals surface area contributed by atoms with Crippen molar-refractivity contribution in [3.8, 4) is 11.5 Å². The Morgan fingerprint density at radius 1 is 0.829 bits per heavy atom. The first kappa shape index (κ1) is 31.2. The minimum Gasteiger partial charge on any atom is -0.489 e. The lowest BCUT2D eigenvalue weighted by atomic mass is 10.0. The van der Waals surface area contributed by atoms with Crippen molar-refractivity contribution >= 4 is 64.2 Å². The van der Waals surface area contributed by atoms with Gasteiger partial charge in [-0.15, -0.1) is 0 Å². The molecule has 0 unspecified atom stereocenters. The second kappa shape index (κ2) is 15.0. The molecular weight excluding hydrogens is 606 g/mol. The van der Waals surface area contributed by atoms with Gasteiger partial charge >= 0.3 is 5.97 Å². The van der Waals surface area contributed by atoms with Gasteiger partial charge in [0.2, 0.25) is 0 Å². The number of hydrogen-bond acceptors (Lipinski definition) is 5. The van der Waals surface area contributed by atoms with Crippen LogP contribution in [0, 0.1) is 0 Å². The third-order valence-electron chi connectivity index (χ3n) is 6.62. The molecule has 216 valence electrons. The largest absolute Gasteiger partial charge is 0.489 e. The van der Waals surface area contributed by atoms with Crippen molar-refractivity contribution in [3.63, 3.8) is 0 Å². The maximum Gasteiger partial charge on any atom is 0.342 e. The molecule has 0 aromatic heterocycles. The predicted molar refractivity (Wildman–Crippen MR) is 165 cm³/mol. The Bertz CT molecular complexity index is 1440. The SMILES string of the molecule is C[C@@H]1CCCC(=O)CCC/C=C/c2cc(OCc3ccc(Cl)cc3Cl)cc(OCc3ccc(Cl)cc3Cl)c2C(=O)O1. The van der Waals surface area contributed by atoms with Gasteiger partial charge in [0.15, 0.2) is 0 Å². The van der Waals surface area contributed by atoms with Gasteiger partial charge < -0.3 is 14.2 Å². The first-order valence-corrected chi connectivity index (χ1v) is 14.9. The molecule has 4 rings (SSSR count). The predicted octanol–water partition coefficient (Wildman–Crippen LogP) is 9.94. The van der Waals surface area contributed by atoms with Crippen LogP contribution in [0.25, 0.3) is 6.08 Å². The van der Waals surface area contributed by atoms with E-state index < -0.39 is 5.97 Å². The van der Waals surface area contributed by atoms with Gasteiger partial charge in [0.1, 0.15) is 36.1 Å². The van der Waals surface area contributed by atoms with E-state index in [0.717, 1.165) is 12.0 Å². The fourth-order valence-electron chi connectivity index (χ4n) is 4.39. The summed E-state index contributed by atoms with van der Waals surface area (Å²) in [5.74, 6) is 0.455. The molecule has 0 fully saturated rings. The molecule has 9 heteroatoms. The highest BCUT2D eigenvalue weighted by atomic mass is 35.5. The summed E-state index contributed by atoms with van der Waals surface area (Å²) in [6, 6.07) is 13.7. The van der Waals surface area contributed by atoms with Gasteiger partial charge in [-0.05, 0) is 68.5 Å². The summed E-state index contributed by atoms with van der Waals surface area (Å²) in [5.41, 5.74) is 2.30. The van der Waals surface area contributed by atoms with Crippen molar-refractivity contribution in [3.05, 3.63) is 97.0 Å². The van der Waals surface area contributed by atoms with E-state index in [0.29, 0.717) is 69.1 Å². The van der Waals surface area contributed by atoms with Crippen LogP contribution in [0.5, 0.6) is 11.5 Å². The lowest BCUT2D eigenvalue weighted by Crippen LogP contribution is -2.18. The first-order chi connectivity index (χ1) is 19.7. The third kappa shape index (κ3) is 9.14. The van der Waals surface area contributed by atoms with Gasteiger partial charge in [-0.2, -0.15) is 0 Å². The monoisotopic (exact) mass is 634 g/mol. The normalized spacial score (nSPS) is 17.2. The molecule has 3 aromatic rings. The molecule has 1 atom stereocenters. The minimum atomic E-state index is -0.523. The minimum absolute atomic E-state index is 0.0869. The van der Waals surface area contributed by atoms with Crippen molar-refractivity contribution in [1.82, 2.24) is 0 Å². The number of esters is 1. The summed E-state index contributed by atoms with van der Waals surface area (Å²) in [4.78, 5) is 25.7. The van der Waals surface area contributed by atoms with Gasteiger partial charge in [0.05, 0.1) is 6.10 Å². The summed E-state index contributed by atoms with van der Waals surface area (Å²) < 4.78 is 18.1. The molecule has 0 N–H and O–H groups in total. The van der Waals surface area contributed by atoms with Gasteiger partial charge in [-0.3, -0.25) is 4.79 Å². The van der Waals surface area contributed by atoms with Crippen LogP contribution >= 0.6 is 46.4 Å². The second-order valence-electron chi connectivity index (χ2n) is 9.88. The van der Waals surface area contributed by atoms with Crippen LogP contribution in [0.15, 0.2) is 54.6 Å². The molecule has 0 radical (unpaired) electrons. The number of carbonyl (C=O) groups is 2. The topological polar surface area (TPSA) is 61.8 Å². The van der Waals surface area contributed by atoms with E-state index in [9.17, 15) is 9.59 Å². The van der Waals surface area contributed by atoms with Crippen LogP contribution in [0.1, 0.15) is 72.5 Å². The molecular formula is C32H30Cl4O5. The van der Waals surface area contributed by atoms with E-state index in [-0.39, 0.29) is 36.4 Å². The third-order valence-corrected chi connectivity index (χ3v) is 7.79. The van der Waals surface area contributed by atoms with Crippen LogP contribution in [-0.4, -0.2) is 17.9 Å². The molecule has 1 aliphatic rings. The van der Waals surface area contributed by atoms with Crippen LogP contribution in [0.2, 0.25) is 20.1 Å². The van der Waals surface area contributed by atoms with Gasteiger partial charge in [0.25, 0.3) is 0 Å². The highest BCUT2D eigenvalue weighted by molar-refractivity contribution is 6.35. The fourth-order valence-corrected chi connectivity index (χ4v) is 5.32. The number of ether oxygens (including phenoxy) is 3. The zero-order chi connectivity index (χ0) is 29.4. The van der Waals surface area contributed by atoms with E-state index >= 15 is 0 Å². The first-order valence-electron chi connectivity index (χ1n) is 13.4. The lowest BCUT2D eigenvalue weighted by Gasteiger charge is -2.19. The number of cyclic esters (lactones) is 1. The number of allylic oxidation sites excluding steroid dienone is 1. The Morgan fingerprint density at radius 2 is 1.46 bits per heavy atom. The Labute approximate surface area is 260 Å². The number of ketones is 1.